The predicted molar refractivity (Wildman–Crippen MR) is 56.9 cm³/mol. The lowest BCUT2D eigenvalue weighted by Gasteiger charge is -2.22. The van der Waals surface area contributed by atoms with Crippen LogP contribution in [-0.4, -0.2) is 50.7 Å². The minimum absolute atomic E-state index is 0.170. The molecule has 0 rings (SSSR count). The zero-order chi connectivity index (χ0) is 14.3. The zero-order valence-corrected chi connectivity index (χ0v) is 10.5. The van der Waals surface area contributed by atoms with Gasteiger partial charge in [-0.25, -0.2) is 4.79 Å². The van der Waals surface area contributed by atoms with Gasteiger partial charge in [-0.3, -0.25) is 0 Å². The average Bonchev–Trinajstić information content (AvgIpc) is 2.25. The highest BCUT2D eigenvalue weighted by atomic mass is 19.4. The van der Waals surface area contributed by atoms with Gasteiger partial charge in [0.15, 0.2) is 0 Å². The van der Waals surface area contributed by atoms with Crippen molar-refractivity contribution in [3.63, 3.8) is 0 Å². The number of carbonyl (C=O) groups excluding carboxylic acids is 1. The lowest BCUT2D eigenvalue weighted by Crippen LogP contribution is -2.42. The summed E-state index contributed by atoms with van der Waals surface area (Å²) in [5, 5.41) is 0. The molecule has 0 aromatic rings. The first-order valence-corrected chi connectivity index (χ1v) is 5.32. The summed E-state index contributed by atoms with van der Waals surface area (Å²) in [5.41, 5.74) is 5.42. The van der Waals surface area contributed by atoms with E-state index in [2.05, 4.69) is 4.74 Å². The monoisotopic (exact) mass is 273 g/mol. The largest absolute Gasteiger partial charge is 0.490 e. The molecule has 0 bridgehead atoms. The Bertz CT molecular complexity index is 258. The number of nitrogens with two attached hydrogens (primary N) is 1. The third kappa shape index (κ3) is 6.77. The summed E-state index contributed by atoms with van der Waals surface area (Å²) in [6.07, 6.45) is -6.40. The molecule has 108 valence electrons. The van der Waals surface area contributed by atoms with Crippen LogP contribution in [0.5, 0.6) is 0 Å². The number of hydrogen-bond acceptors (Lipinski definition) is 5. The quantitative estimate of drug-likeness (QED) is 0.697. The highest BCUT2D eigenvalue weighted by molar-refractivity contribution is 5.75. The summed E-state index contributed by atoms with van der Waals surface area (Å²) < 4.78 is 50.2. The Morgan fingerprint density at radius 2 is 1.83 bits per heavy atom. The molecule has 5 nitrogen and oxygen atoms in total. The average molecular weight is 273 g/mol. The van der Waals surface area contributed by atoms with Crippen molar-refractivity contribution in [1.82, 2.24) is 0 Å². The van der Waals surface area contributed by atoms with Gasteiger partial charge in [0.05, 0.1) is 19.3 Å². The standard InChI is InChI=1S/C10H18F3NO4/c1-6(16-3)4-17-5-8(7(2)14)18-9(15)10(11,12)13/h6-8H,4-5,14H2,1-3H3. The Labute approximate surface area is 103 Å². The van der Waals surface area contributed by atoms with Crippen LogP contribution in [0.2, 0.25) is 0 Å². The van der Waals surface area contributed by atoms with Gasteiger partial charge < -0.3 is 19.9 Å². The third-order valence-corrected chi connectivity index (χ3v) is 2.11. The topological polar surface area (TPSA) is 70.8 Å². The first-order valence-electron chi connectivity index (χ1n) is 5.32. The van der Waals surface area contributed by atoms with Crippen molar-refractivity contribution in [2.24, 2.45) is 5.73 Å². The lowest BCUT2D eigenvalue weighted by atomic mass is 10.2. The van der Waals surface area contributed by atoms with E-state index in [1.54, 1.807) is 6.92 Å². The fraction of sp³-hybridized carbons (Fsp3) is 0.900. The zero-order valence-electron chi connectivity index (χ0n) is 10.5. The van der Waals surface area contributed by atoms with Gasteiger partial charge in [0, 0.05) is 13.2 Å². The molecule has 18 heavy (non-hydrogen) atoms. The Morgan fingerprint density at radius 3 is 2.22 bits per heavy atom. The molecule has 0 heterocycles. The summed E-state index contributed by atoms with van der Waals surface area (Å²) >= 11 is 0. The first kappa shape index (κ1) is 17.1. The highest BCUT2D eigenvalue weighted by Crippen LogP contribution is 2.18. The van der Waals surface area contributed by atoms with Crippen molar-refractivity contribution in [3.05, 3.63) is 0 Å². The molecule has 0 radical (unpaired) electrons. The first-order chi connectivity index (χ1) is 8.18. The van der Waals surface area contributed by atoms with E-state index in [-0.39, 0.29) is 19.3 Å². The second-order valence-electron chi connectivity index (χ2n) is 3.88. The molecule has 0 aliphatic carbocycles. The number of esters is 1. The Balaban J connectivity index is 4.20. The summed E-state index contributed by atoms with van der Waals surface area (Å²) in [7, 11) is 1.47. The van der Waals surface area contributed by atoms with Crippen molar-refractivity contribution in [2.45, 2.75) is 38.3 Å². The van der Waals surface area contributed by atoms with E-state index >= 15 is 0 Å². The third-order valence-electron chi connectivity index (χ3n) is 2.11. The van der Waals surface area contributed by atoms with E-state index in [1.807, 2.05) is 0 Å². The van der Waals surface area contributed by atoms with Gasteiger partial charge in [-0.05, 0) is 13.8 Å². The van der Waals surface area contributed by atoms with Crippen LogP contribution < -0.4 is 5.73 Å². The van der Waals surface area contributed by atoms with Crippen LogP contribution in [-0.2, 0) is 19.0 Å². The van der Waals surface area contributed by atoms with Crippen molar-refractivity contribution in [1.29, 1.82) is 0 Å². The van der Waals surface area contributed by atoms with E-state index in [9.17, 15) is 18.0 Å². The van der Waals surface area contributed by atoms with Crippen LogP contribution in [0.4, 0.5) is 13.2 Å². The van der Waals surface area contributed by atoms with Crippen molar-refractivity contribution < 1.29 is 32.2 Å². The normalized spacial score (nSPS) is 17.1. The highest BCUT2D eigenvalue weighted by Gasteiger charge is 2.42. The van der Waals surface area contributed by atoms with Gasteiger partial charge in [0.1, 0.15) is 6.10 Å². The maximum atomic E-state index is 12.0. The van der Waals surface area contributed by atoms with E-state index in [1.165, 1.54) is 14.0 Å². The number of ether oxygens (including phenoxy) is 3. The molecule has 0 fully saturated rings. The number of halogens is 3. The van der Waals surface area contributed by atoms with Gasteiger partial charge in [-0.1, -0.05) is 0 Å². The molecule has 8 heteroatoms. The van der Waals surface area contributed by atoms with Crippen LogP contribution >= 0.6 is 0 Å². The maximum absolute atomic E-state index is 12.0. The maximum Gasteiger partial charge on any atom is 0.490 e. The van der Waals surface area contributed by atoms with Crippen LogP contribution in [0.25, 0.3) is 0 Å². The van der Waals surface area contributed by atoms with Crippen molar-refractivity contribution in [3.8, 4) is 0 Å². The SMILES string of the molecule is COC(C)COCC(OC(=O)C(F)(F)F)C(C)N. The Hall–Kier alpha value is -0.860. The fourth-order valence-corrected chi connectivity index (χ4v) is 0.916. The smallest absolute Gasteiger partial charge is 0.452 e. The van der Waals surface area contributed by atoms with Crippen LogP contribution in [0.15, 0.2) is 0 Å². The van der Waals surface area contributed by atoms with E-state index in [4.69, 9.17) is 15.2 Å². The van der Waals surface area contributed by atoms with Gasteiger partial charge in [-0.15, -0.1) is 0 Å². The Kier molecular flexibility index (Phi) is 7.19. The Morgan fingerprint density at radius 1 is 1.28 bits per heavy atom. The number of rotatable bonds is 7. The number of methoxy groups -OCH3 is 1. The summed E-state index contributed by atoms with van der Waals surface area (Å²) in [6, 6.07) is -0.769. The van der Waals surface area contributed by atoms with Gasteiger partial charge >= 0.3 is 12.1 Å². The van der Waals surface area contributed by atoms with E-state index < -0.39 is 24.3 Å². The molecular formula is C10H18F3NO4. The van der Waals surface area contributed by atoms with Gasteiger partial charge in [0.2, 0.25) is 0 Å². The van der Waals surface area contributed by atoms with E-state index in [0.717, 1.165) is 0 Å². The summed E-state index contributed by atoms with van der Waals surface area (Å²) in [4.78, 5) is 10.6. The molecular weight excluding hydrogens is 255 g/mol. The molecule has 0 aromatic heterocycles. The molecule has 3 unspecified atom stereocenters. The molecule has 0 saturated heterocycles. The minimum atomic E-state index is -5.03. The number of hydrogen-bond donors (Lipinski definition) is 1. The molecule has 0 amide bonds. The van der Waals surface area contributed by atoms with Crippen molar-refractivity contribution >= 4 is 5.97 Å². The van der Waals surface area contributed by atoms with Crippen LogP contribution in [0, 0.1) is 0 Å². The van der Waals surface area contributed by atoms with Crippen molar-refractivity contribution in [2.75, 3.05) is 20.3 Å². The van der Waals surface area contributed by atoms with Crippen LogP contribution in [0.1, 0.15) is 13.8 Å². The van der Waals surface area contributed by atoms with Gasteiger partial charge in [-0.2, -0.15) is 13.2 Å². The molecule has 0 spiro atoms. The fourth-order valence-electron chi connectivity index (χ4n) is 0.916. The second-order valence-corrected chi connectivity index (χ2v) is 3.88. The minimum Gasteiger partial charge on any atom is -0.452 e. The summed E-state index contributed by atoms with van der Waals surface area (Å²) in [5.74, 6) is -2.27. The van der Waals surface area contributed by atoms with E-state index in [0.29, 0.717) is 0 Å². The second kappa shape index (κ2) is 7.55. The predicted octanol–water partition coefficient (Wildman–Crippen LogP) is 0.859. The number of carbonyl (C=O) groups is 1. The van der Waals surface area contributed by atoms with Crippen LogP contribution in [0.3, 0.4) is 0 Å². The molecule has 0 aromatic carbocycles. The molecule has 0 aliphatic heterocycles. The molecule has 0 aliphatic rings. The molecule has 0 saturated carbocycles. The molecule has 3 atom stereocenters. The van der Waals surface area contributed by atoms with Gasteiger partial charge in [0.25, 0.3) is 0 Å². The lowest BCUT2D eigenvalue weighted by molar-refractivity contribution is -0.208. The summed E-state index contributed by atoms with van der Waals surface area (Å²) in [6.45, 7) is 3.11. The molecule has 2 N–H and O–H groups in total. The number of alkyl halides is 3.